The molecule has 0 aliphatic heterocycles. The Morgan fingerprint density at radius 1 is 0.879 bits per heavy atom. The molecule has 0 amide bonds. The van der Waals surface area contributed by atoms with Crippen molar-refractivity contribution in [3.8, 4) is 0 Å². The molecule has 0 N–H and O–H groups in total. The fourth-order valence-corrected chi connectivity index (χ4v) is 8.84. The molecule has 0 saturated heterocycles. The number of carbonyl (C=O) groups is 2. The minimum absolute atomic E-state index is 0.135. The van der Waals surface area contributed by atoms with Crippen LogP contribution < -0.4 is 0 Å². The fourth-order valence-electron chi connectivity index (χ4n) is 8.84. The van der Waals surface area contributed by atoms with Gasteiger partial charge in [0.05, 0.1) is 20.6 Å². The summed E-state index contributed by atoms with van der Waals surface area (Å²) in [5.74, 6) is 4.26. The molecular formula is C29H50O4. The van der Waals surface area contributed by atoms with Gasteiger partial charge >= 0.3 is 11.9 Å². The molecule has 33 heavy (non-hydrogen) atoms. The lowest BCUT2D eigenvalue weighted by Gasteiger charge is -2.59. The van der Waals surface area contributed by atoms with E-state index in [4.69, 9.17) is 9.47 Å². The van der Waals surface area contributed by atoms with Crippen LogP contribution in [0.2, 0.25) is 0 Å². The third-order valence-corrected chi connectivity index (χ3v) is 10.7. The largest absolute Gasteiger partial charge is 0.469 e. The number of esters is 2. The van der Waals surface area contributed by atoms with Gasteiger partial charge in [-0.1, -0.05) is 53.9 Å². The van der Waals surface area contributed by atoms with Gasteiger partial charge in [0.25, 0.3) is 0 Å². The van der Waals surface area contributed by atoms with Gasteiger partial charge in [-0.2, -0.15) is 0 Å². The maximum Gasteiger partial charge on any atom is 0.306 e. The average Bonchev–Trinajstić information content (AvgIpc) is 3.12. The van der Waals surface area contributed by atoms with E-state index in [-0.39, 0.29) is 23.3 Å². The maximum atomic E-state index is 12.5. The predicted molar refractivity (Wildman–Crippen MR) is 132 cm³/mol. The predicted octanol–water partition coefficient (Wildman–Crippen LogP) is 7.05. The van der Waals surface area contributed by atoms with Crippen LogP contribution in [0.15, 0.2) is 0 Å². The Morgan fingerprint density at radius 3 is 2.21 bits per heavy atom. The smallest absolute Gasteiger partial charge is 0.306 e. The molecule has 8 atom stereocenters. The molecule has 3 rings (SSSR count). The molecule has 0 radical (unpaired) electrons. The maximum absolute atomic E-state index is 12.5. The number of fused-ring (bicyclic) bond motifs is 3. The van der Waals surface area contributed by atoms with E-state index >= 15 is 0 Å². The van der Waals surface area contributed by atoms with Crippen LogP contribution in [-0.4, -0.2) is 26.2 Å². The third kappa shape index (κ3) is 5.30. The van der Waals surface area contributed by atoms with Gasteiger partial charge in [0.15, 0.2) is 0 Å². The number of hydrogen-bond donors (Lipinski definition) is 0. The molecule has 190 valence electrons. The molecule has 0 heterocycles. The first-order chi connectivity index (χ1) is 15.6. The molecule has 0 unspecified atom stereocenters. The van der Waals surface area contributed by atoms with Crippen LogP contribution >= 0.6 is 0 Å². The quantitative estimate of drug-likeness (QED) is 0.344. The van der Waals surface area contributed by atoms with Crippen LogP contribution in [0.5, 0.6) is 0 Å². The summed E-state index contributed by atoms with van der Waals surface area (Å²) < 4.78 is 10.2. The van der Waals surface area contributed by atoms with Gasteiger partial charge in [0.2, 0.25) is 0 Å². The van der Waals surface area contributed by atoms with Gasteiger partial charge in [0, 0.05) is 6.42 Å². The highest BCUT2D eigenvalue weighted by atomic mass is 16.5. The van der Waals surface area contributed by atoms with Crippen molar-refractivity contribution >= 4 is 11.9 Å². The summed E-state index contributed by atoms with van der Waals surface area (Å²) in [5.41, 5.74) is 0.242. The SMILES string of the molecule is COC(=O)C[C@@H]1CC[C@@H]2[C@@H]3CC[C@H]([C@H](C)CCCC(C)C)[C@]3(C)CC[C@@H]2[C@]1(C)CC(=O)OC. The third-order valence-electron chi connectivity index (χ3n) is 10.7. The van der Waals surface area contributed by atoms with Crippen molar-refractivity contribution in [2.75, 3.05) is 14.2 Å². The zero-order chi connectivity index (χ0) is 24.4. The topological polar surface area (TPSA) is 52.6 Å². The van der Waals surface area contributed by atoms with Crippen molar-refractivity contribution in [2.24, 2.45) is 52.3 Å². The molecule has 0 spiro atoms. The van der Waals surface area contributed by atoms with E-state index in [9.17, 15) is 9.59 Å². The lowest BCUT2D eigenvalue weighted by Crippen LogP contribution is -2.53. The number of ether oxygens (including phenoxy) is 2. The lowest BCUT2D eigenvalue weighted by molar-refractivity contribution is -0.159. The van der Waals surface area contributed by atoms with E-state index in [1.54, 1.807) is 0 Å². The van der Waals surface area contributed by atoms with Crippen molar-refractivity contribution in [2.45, 2.75) is 105 Å². The second-order valence-corrected chi connectivity index (χ2v) is 12.7. The zero-order valence-electron chi connectivity index (χ0n) is 22.5. The van der Waals surface area contributed by atoms with Crippen LogP contribution in [0.1, 0.15) is 105 Å². The number of hydrogen-bond acceptors (Lipinski definition) is 4. The fraction of sp³-hybridized carbons (Fsp3) is 0.931. The van der Waals surface area contributed by atoms with Crippen molar-refractivity contribution in [3.05, 3.63) is 0 Å². The Balaban J connectivity index is 1.79. The zero-order valence-corrected chi connectivity index (χ0v) is 22.5. The second kappa shape index (κ2) is 10.7. The van der Waals surface area contributed by atoms with Gasteiger partial charge in [-0.15, -0.1) is 0 Å². The van der Waals surface area contributed by atoms with E-state index in [2.05, 4.69) is 34.6 Å². The highest BCUT2D eigenvalue weighted by Gasteiger charge is 2.60. The monoisotopic (exact) mass is 462 g/mol. The molecule has 0 aromatic heterocycles. The molecule has 3 saturated carbocycles. The molecule has 3 fully saturated rings. The summed E-state index contributed by atoms with van der Waals surface area (Å²) in [5, 5.41) is 0. The summed E-state index contributed by atoms with van der Waals surface area (Å²) in [6, 6.07) is 0. The molecule has 3 aliphatic rings. The molecule has 4 heteroatoms. The highest BCUT2D eigenvalue weighted by molar-refractivity contribution is 5.71. The minimum atomic E-state index is -0.188. The Kier molecular flexibility index (Phi) is 8.60. The van der Waals surface area contributed by atoms with Gasteiger partial charge in [-0.05, 0) is 90.8 Å². The van der Waals surface area contributed by atoms with E-state index in [0.717, 1.165) is 30.1 Å². The molecule has 0 bridgehead atoms. The molecule has 0 aromatic carbocycles. The Morgan fingerprint density at radius 2 is 1.58 bits per heavy atom. The van der Waals surface area contributed by atoms with Crippen molar-refractivity contribution in [3.63, 3.8) is 0 Å². The van der Waals surface area contributed by atoms with Crippen LogP contribution in [-0.2, 0) is 19.1 Å². The minimum Gasteiger partial charge on any atom is -0.469 e. The summed E-state index contributed by atoms with van der Waals surface area (Å²) in [7, 11) is 2.96. The van der Waals surface area contributed by atoms with Gasteiger partial charge < -0.3 is 9.47 Å². The average molecular weight is 463 g/mol. The van der Waals surface area contributed by atoms with Crippen molar-refractivity contribution in [1.82, 2.24) is 0 Å². The van der Waals surface area contributed by atoms with E-state index < -0.39 is 0 Å². The number of carbonyl (C=O) groups excluding carboxylic acids is 2. The van der Waals surface area contributed by atoms with Crippen LogP contribution in [0.3, 0.4) is 0 Å². The second-order valence-electron chi connectivity index (χ2n) is 12.7. The summed E-state index contributed by atoms with van der Waals surface area (Å²) in [6.45, 7) is 12.1. The highest BCUT2D eigenvalue weighted by Crippen LogP contribution is 2.67. The number of methoxy groups -OCH3 is 2. The summed E-state index contributed by atoms with van der Waals surface area (Å²) >= 11 is 0. The Labute approximate surface area is 202 Å². The van der Waals surface area contributed by atoms with Gasteiger partial charge in [-0.25, -0.2) is 0 Å². The first-order valence-corrected chi connectivity index (χ1v) is 13.7. The Bertz CT molecular complexity index is 687. The van der Waals surface area contributed by atoms with E-state index in [1.165, 1.54) is 65.6 Å². The standard InChI is InChI=1S/C29H50O4/c1-19(2)9-8-10-20(3)23-13-14-24-22-12-11-21(17-26(30)32-6)29(5,18-27(31)33-7)25(22)15-16-28(23,24)4/h19-25H,8-18H2,1-7H3/t20-,21+,22-,23-,24+,25+,28+,29-/m1/s1. The molecular weight excluding hydrogens is 412 g/mol. The van der Waals surface area contributed by atoms with Gasteiger partial charge in [0.1, 0.15) is 0 Å². The summed E-state index contributed by atoms with van der Waals surface area (Å²) in [6.07, 6.45) is 12.3. The molecule has 4 nitrogen and oxygen atoms in total. The first kappa shape index (κ1) is 26.5. The van der Waals surface area contributed by atoms with Crippen LogP contribution in [0.4, 0.5) is 0 Å². The molecule has 0 aromatic rings. The van der Waals surface area contributed by atoms with Gasteiger partial charge in [-0.3, -0.25) is 9.59 Å². The van der Waals surface area contributed by atoms with E-state index in [0.29, 0.717) is 30.1 Å². The van der Waals surface area contributed by atoms with Crippen LogP contribution in [0, 0.1) is 52.3 Å². The normalized spacial score (nSPS) is 39.0. The molecule has 3 aliphatic carbocycles. The van der Waals surface area contributed by atoms with Crippen LogP contribution in [0.25, 0.3) is 0 Å². The van der Waals surface area contributed by atoms with Crippen molar-refractivity contribution < 1.29 is 19.1 Å². The van der Waals surface area contributed by atoms with E-state index in [1.807, 2.05) is 0 Å². The summed E-state index contributed by atoms with van der Waals surface area (Å²) in [4.78, 5) is 24.7. The number of rotatable bonds is 9. The van der Waals surface area contributed by atoms with Crippen molar-refractivity contribution in [1.29, 1.82) is 0 Å². The Hall–Kier alpha value is -1.06. The lowest BCUT2D eigenvalue weighted by atomic mass is 9.45. The first-order valence-electron chi connectivity index (χ1n) is 13.7.